The van der Waals surface area contributed by atoms with Gasteiger partial charge >= 0.3 is 12.0 Å². The molecular weight excluding hydrogens is 380 g/mol. The van der Waals surface area contributed by atoms with Crippen molar-refractivity contribution >= 4 is 23.7 Å². The van der Waals surface area contributed by atoms with Crippen molar-refractivity contribution in [1.29, 1.82) is 0 Å². The summed E-state index contributed by atoms with van der Waals surface area (Å²) >= 11 is 0. The molecule has 1 saturated heterocycles. The van der Waals surface area contributed by atoms with Crippen LogP contribution in [0.15, 0.2) is 18.2 Å². The maximum absolute atomic E-state index is 12.5. The van der Waals surface area contributed by atoms with E-state index in [4.69, 9.17) is 14.2 Å². The Morgan fingerprint density at radius 2 is 1.93 bits per heavy atom. The molecule has 0 spiro atoms. The topological polar surface area (TPSA) is 111 Å². The Kier molecular flexibility index (Phi) is 6.05. The first-order valence-electron chi connectivity index (χ1n) is 9.56. The number of rotatable bonds is 8. The Labute approximate surface area is 168 Å². The molecule has 0 aromatic heterocycles. The lowest BCUT2D eigenvalue weighted by molar-refractivity contribution is -0.146. The number of hydrogen-bond donors (Lipinski definition) is 1. The van der Waals surface area contributed by atoms with Crippen molar-refractivity contribution in [3.63, 3.8) is 0 Å². The second-order valence-electron chi connectivity index (χ2n) is 7.20. The van der Waals surface area contributed by atoms with Gasteiger partial charge in [-0.05, 0) is 31.5 Å². The van der Waals surface area contributed by atoms with Gasteiger partial charge in [-0.15, -0.1) is 0 Å². The van der Waals surface area contributed by atoms with Gasteiger partial charge in [-0.3, -0.25) is 19.3 Å². The molecular formula is C20H24N2O7. The summed E-state index contributed by atoms with van der Waals surface area (Å²) in [4.78, 5) is 49.8. The van der Waals surface area contributed by atoms with Gasteiger partial charge in [0.2, 0.25) is 0 Å². The number of carbonyl (C=O) groups excluding carboxylic acids is 4. The fourth-order valence-corrected chi connectivity index (χ4v) is 3.21. The first kappa shape index (κ1) is 20.6. The van der Waals surface area contributed by atoms with Crippen molar-refractivity contribution in [2.24, 2.45) is 0 Å². The third-order valence-corrected chi connectivity index (χ3v) is 4.89. The Morgan fingerprint density at radius 1 is 1.21 bits per heavy atom. The van der Waals surface area contributed by atoms with Gasteiger partial charge in [0.05, 0.1) is 0 Å². The zero-order valence-electron chi connectivity index (χ0n) is 16.5. The molecule has 0 radical (unpaired) electrons. The molecule has 1 atom stereocenters. The summed E-state index contributed by atoms with van der Waals surface area (Å²) in [6.45, 7) is 3.41. The Morgan fingerprint density at radius 3 is 2.66 bits per heavy atom. The predicted molar refractivity (Wildman–Crippen MR) is 101 cm³/mol. The zero-order valence-corrected chi connectivity index (χ0v) is 16.5. The highest BCUT2D eigenvalue weighted by molar-refractivity contribution is 6.08. The number of nitrogens with one attached hydrogen (secondary N) is 1. The standard InChI is InChI=1S/C20H24N2O7/c1-3-4-7-20(2)18(25)22(19(26)21-20)11-17(24)29-12-14(23)13-5-6-15-16(10-13)28-9-8-27-15/h5-6,10H,3-4,7-9,11-12H2,1-2H3,(H,21,26)/t20-/m0/s1. The lowest BCUT2D eigenvalue weighted by Crippen LogP contribution is -2.44. The van der Waals surface area contributed by atoms with E-state index in [0.717, 1.165) is 17.7 Å². The zero-order chi connectivity index (χ0) is 21.0. The highest BCUT2D eigenvalue weighted by Gasteiger charge is 2.47. The van der Waals surface area contributed by atoms with Crippen LogP contribution in [0.25, 0.3) is 0 Å². The summed E-state index contributed by atoms with van der Waals surface area (Å²) in [5.41, 5.74) is -0.710. The van der Waals surface area contributed by atoms with E-state index in [1.54, 1.807) is 19.1 Å². The molecule has 1 fully saturated rings. The number of unbranched alkanes of at least 4 members (excludes halogenated alkanes) is 1. The van der Waals surface area contributed by atoms with Gasteiger partial charge in [0.1, 0.15) is 25.3 Å². The summed E-state index contributed by atoms with van der Waals surface area (Å²) in [6, 6.07) is 4.07. The molecule has 0 bridgehead atoms. The normalized spacial score (nSPS) is 20.4. The van der Waals surface area contributed by atoms with Crippen LogP contribution in [0.4, 0.5) is 4.79 Å². The number of hydrogen-bond acceptors (Lipinski definition) is 7. The van der Waals surface area contributed by atoms with Crippen molar-refractivity contribution in [1.82, 2.24) is 10.2 Å². The Hall–Kier alpha value is -3.10. The molecule has 156 valence electrons. The van der Waals surface area contributed by atoms with E-state index in [2.05, 4.69) is 5.32 Å². The van der Waals surface area contributed by atoms with Gasteiger partial charge in [-0.2, -0.15) is 0 Å². The molecule has 3 rings (SSSR count). The fraction of sp³-hybridized carbons (Fsp3) is 0.500. The van der Waals surface area contributed by atoms with Crippen LogP contribution in [0.5, 0.6) is 11.5 Å². The van der Waals surface area contributed by atoms with E-state index in [-0.39, 0.29) is 0 Å². The predicted octanol–water partition coefficient (Wildman–Crippen LogP) is 1.68. The number of carbonyl (C=O) groups is 4. The molecule has 2 heterocycles. The number of ether oxygens (including phenoxy) is 3. The molecule has 0 unspecified atom stereocenters. The average molecular weight is 404 g/mol. The molecule has 1 aromatic rings. The van der Waals surface area contributed by atoms with Crippen LogP contribution >= 0.6 is 0 Å². The number of fused-ring (bicyclic) bond motifs is 1. The van der Waals surface area contributed by atoms with Crippen LogP contribution in [0, 0.1) is 0 Å². The molecule has 1 N–H and O–H groups in total. The molecule has 29 heavy (non-hydrogen) atoms. The number of Topliss-reactive ketones (excluding diaryl/α,β-unsaturated/α-hetero) is 1. The van der Waals surface area contributed by atoms with Crippen LogP contribution in [0.3, 0.4) is 0 Å². The minimum absolute atomic E-state index is 0.309. The van der Waals surface area contributed by atoms with E-state index in [0.29, 0.717) is 36.7 Å². The largest absolute Gasteiger partial charge is 0.486 e. The molecule has 9 heteroatoms. The van der Waals surface area contributed by atoms with Crippen LogP contribution in [-0.2, 0) is 14.3 Å². The van der Waals surface area contributed by atoms with E-state index in [1.807, 2.05) is 6.92 Å². The second kappa shape index (κ2) is 8.50. The van der Waals surface area contributed by atoms with Crippen molar-refractivity contribution in [2.45, 2.75) is 38.6 Å². The molecule has 0 saturated carbocycles. The third kappa shape index (κ3) is 4.49. The van der Waals surface area contributed by atoms with Gasteiger partial charge in [0, 0.05) is 5.56 Å². The van der Waals surface area contributed by atoms with Crippen LogP contribution < -0.4 is 14.8 Å². The average Bonchev–Trinajstić information content (AvgIpc) is 2.93. The van der Waals surface area contributed by atoms with E-state index in [1.165, 1.54) is 6.07 Å². The van der Waals surface area contributed by atoms with Gasteiger partial charge in [0.15, 0.2) is 23.9 Å². The minimum atomic E-state index is -1.02. The quantitative estimate of drug-likeness (QED) is 0.399. The van der Waals surface area contributed by atoms with Crippen LogP contribution in [0.1, 0.15) is 43.5 Å². The van der Waals surface area contributed by atoms with Crippen molar-refractivity contribution in [3.05, 3.63) is 23.8 Å². The molecule has 2 aliphatic heterocycles. The Bertz CT molecular complexity index is 838. The van der Waals surface area contributed by atoms with E-state index >= 15 is 0 Å². The molecule has 3 amide bonds. The summed E-state index contributed by atoms with van der Waals surface area (Å²) in [5.74, 6) is -0.723. The number of nitrogens with zero attached hydrogens (tertiary/aromatic N) is 1. The number of ketones is 1. The van der Waals surface area contributed by atoms with Crippen LogP contribution in [0.2, 0.25) is 0 Å². The van der Waals surface area contributed by atoms with Crippen molar-refractivity contribution < 1.29 is 33.4 Å². The smallest absolute Gasteiger partial charge is 0.326 e. The third-order valence-electron chi connectivity index (χ3n) is 4.89. The minimum Gasteiger partial charge on any atom is -0.486 e. The lowest BCUT2D eigenvalue weighted by Gasteiger charge is -2.21. The van der Waals surface area contributed by atoms with Gasteiger partial charge < -0.3 is 19.5 Å². The monoisotopic (exact) mass is 404 g/mol. The molecule has 2 aliphatic rings. The maximum Gasteiger partial charge on any atom is 0.326 e. The molecule has 0 aliphatic carbocycles. The lowest BCUT2D eigenvalue weighted by atomic mass is 9.95. The van der Waals surface area contributed by atoms with E-state index < -0.39 is 42.4 Å². The SMILES string of the molecule is CCCC[C@]1(C)NC(=O)N(CC(=O)OCC(=O)c2ccc3c(c2)OCCO3)C1=O. The summed E-state index contributed by atoms with van der Waals surface area (Å²) < 4.78 is 15.8. The van der Waals surface area contributed by atoms with Crippen molar-refractivity contribution in [3.8, 4) is 11.5 Å². The summed E-state index contributed by atoms with van der Waals surface area (Å²) in [6.07, 6.45) is 2.13. The molecule has 9 nitrogen and oxygen atoms in total. The number of imide groups is 1. The number of benzene rings is 1. The summed E-state index contributed by atoms with van der Waals surface area (Å²) in [7, 11) is 0. The van der Waals surface area contributed by atoms with Crippen molar-refractivity contribution in [2.75, 3.05) is 26.4 Å². The van der Waals surface area contributed by atoms with Crippen LogP contribution in [-0.4, -0.2) is 60.5 Å². The molecule has 1 aromatic carbocycles. The highest BCUT2D eigenvalue weighted by Crippen LogP contribution is 2.31. The van der Waals surface area contributed by atoms with Gasteiger partial charge in [-0.1, -0.05) is 19.8 Å². The first-order valence-corrected chi connectivity index (χ1v) is 9.56. The first-order chi connectivity index (χ1) is 13.8. The highest BCUT2D eigenvalue weighted by atomic mass is 16.6. The second-order valence-corrected chi connectivity index (χ2v) is 7.20. The Balaban J connectivity index is 1.54. The fourth-order valence-electron chi connectivity index (χ4n) is 3.21. The van der Waals surface area contributed by atoms with Gasteiger partial charge in [0.25, 0.3) is 5.91 Å². The van der Waals surface area contributed by atoms with Gasteiger partial charge in [-0.25, -0.2) is 4.79 Å². The van der Waals surface area contributed by atoms with E-state index in [9.17, 15) is 19.2 Å². The number of esters is 1. The number of amides is 3. The summed E-state index contributed by atoms with van der Waals surface area (Å²) in [5, 5.41) is 2.63. The number of urea groups is 1. The maximum atomic E-state index is 12.5.